The molecule has 19 heavy (non-hydrogen) atoms. The zero-order valence-corrected chi connectivity index (χ0v) is 12.8. The van der Waals surface area contributed by atoms with Gasteiger partial charge in [-0.2, -0.15) is 10.0 Å². The Balaban J connectivity index is 2.35. The molecule has 0 heterocycles. The van der Waals surface area contributed by atoms with Crippen LogP contribution in [-0.4, -0.2) is 12.5 Å². The molecule has 0 radical (unpaired) electrons. The fourth-order valence-corrected chi connectivity index (χ4v) is 4.01. The van der Waals surface area contributed by atoms with Gasteiger partial charge in [-0.1, -0.05) is 26.0 Å². The third kappa shape index (κ3) is 3.01. The van der Waals surface area contributed by atoms with E-state index in [1.54, 1.807) is 12.1 Å². The third-order valence-corrected chi connectivity index (χ3v) is 6.44. The van der Waals surface area contributed by atoms with Crippen LogP contribution in [0.3, 0.4) is 0 Å². The second-order valence-electron chi connectivity index (χ2n) is 5.50. The third-order valence-electron chi connectivity index (χ3n) is 3.54. The van der Waals surface area contributed by atoms with Gasteiger partial charge in [-0.15, -0.1) is 0 Å². The Bertz CT molecular complexity index is 538. The number of halogens is 1. The van der Waals surface area contributed by atoms with Crippen LogP contribution < -0.4 is 0 Å². The molecule has 0 nitrogen and oxygen atoms in total. The highest BCUT2D eigenvalue weighted by Crippen LogP contribution is 2.56. The van der Waals surface area contributed by atoms with Crippen LogP contribution in [0.5, 0.6) is 0 Å². The maximum atomic E-state index is 13.0. The summed E-state index contributed by atoms with van der Waals surface area (Å²) in [7, 11) is -1.06. The number of rotatable bonds is 3. The van der Waals surface area contributed by atoms with E-state index in [1.165, 1.54) is 15.4 Å². The molecule has 2 rings (SSSR count). The molecule has 0 fully saturated rings. The topological polar surface area (TPSA) is 0 Å². The summed E-state index contributed by atoms with van der Waals surface area (Å²) in [5.41, 5.74) is 1.36. The van der Waals surface area contributed by atoms with Gasteiger partial charge in [0.1, 0.15) is 5.82 Å². The molecule has 0 saturated heterocycles. The molecule has 102 valence electrons. The van der Waals surface area contributed by atoms with Crippen LogP contribution in [0.1, 0.15) is 25.3 Å². The van der Waals surface area contributed by atoms with Crippen LogP contribution in [0.25, 0.3) is 0 Å². The zero-order chi connectivity index (χ0) is 14.0. The SMILES string of the molecule is CC(C)c1ccc(S(C)(C)c2ccc(F)cc2)cc1. The molecule has 0 aliphatic rings. The van der Waals surface area contributed by atoms with Gasteiger partial charge in [0.15, 0.2) is 0 Å². The molecule has 0 saturated carbocycles. The molecule has 0 spiro atoms. The first-order valence-corrected chi connectivity index (χ1v) is 8.95. The van der Waals surface area contributed by atoms with Crippen molar-refractivity contribution < 1.29 is 4.39 Å². The van der Waals surface area contributed by atoms with E-state index < -0.39 is 10.0 Å². The van der Waals surface area contributed by atoms with E-state index in [9.17, 15) is 4.39 Å². The maximum Gasteiger partial charge on any atom is 0.123 e. The minimum Gasteiger partial charge on any atom is -0.207 e. The minimum atomic E-state index is -1.06. The zero-order valence-electron chi connectivity index (χ0n) is 12.0. The minimum absolute atomic E-state index is 0.172. The Labute approximate surface area is 117 Å². The number of benzene rings is 2. The van der Waals surface area contributed by atoms with Gasteiger partial charge >= 0.3 is 0 Å². The van der Waals surface area contributed by atoms with Crippen molar-refractivity contribution in [1.82, 2.24) is 0 Å². The predicted molar refractivity (Wildman–Crippen MR) is 82.9 cm³/mol. The van der Waals surface area contributed by atoms with Crippen molar-refractivity contribution in [3.63, 3.8) is 0 Å². The lowest BCUT2D eigenvalue weighted by molar-refractivity contribution is 0.626. The quantitative estimate of drug-likeness (QED) is 0.701. The molecular weight excluding hydrogens is 255 g/mol. The van der Waals surface area contributed by atoms with Gasteiger partial charge in [-0.3, -0.25) is 0 Å². The summed E-state index contributed by atoms with van der Waals surface area (Å²) in [5, 5.41) is 0. The first-order valence-electron chi connectivity index (χ1n) is 6.50. The highest BCUT2D eigenvalue weighted by atomic mass is 32.3. The van der Waals surface area contributed by atoms with Crippen molar-refractivity contribution in [2.45, 2.75) is 29.6 Å². The average Bonchev–Trinajstić information content (AvgIpc) is 2.39. The Hall–Kier alpha value is -1.28. The van der Waals surface area contributed by atoms with E-state index in [0.29, 0.717) is 5.92 Å². The van der Waals surface area contributed by atoms with Crippen LogP contribution >= 0.6 is 10.0 Å². The van der Waals surface area contributed by atoms with Crippen LogP contribution in [0.4, 0.5) is 4.39 Å². The van der Waals surface area contributed by atoms with Gasteiger partial charge in [0.2, 0.25) is 0 Å². The monoisotopic (exact) mass is 276 g/mol. The predicted octanol–water partition coefficient (Wildman–Crippen LogP) is 5.43. The van der Waals surface area contributed by atoms with Gasteiger partial charge in [0.25, 0.3) is 0 Å². The molecule has 0 bridgehead atoms. The first-order chi connectivity index (χ1) is 8.91. The van der Waals surface area contributed by atoms with Crippen molar-refractivity contribution in [2.75, 3.05) is 12.5 Å². The molecular formula is C17H21FS. The molecule has 2 aromatic rings. The average molecular weight is 276 g/mol. The molecule has 2 aromatic carbocycles. The molecule has 2 heteroatoms. The van der Waals surface area contributed by atoms with E-state index in [4.69, 9.17) is 0 Å². The van der Waals surface area contributed by atoms with Gasteiger partial charge in [-0.05, 0) is 70.2 Å². The lowest BCUT2D eigenvalue weighted by Gasteiger charge is -2.32. The van der Waals surface area contributed by atoms with E-state index in [1.807, 2.05) is 12.1 Å². The van der Waals surface area contributed by atoms with Crippen LogP contribution in [-0.2, 0) is 0 Å². The van der Waals surface area contributed by atoms with Crippen molar-refractivity contribution >= 4 is 10.0 Å². The summed E-state index contributed by atoms with van der Waals surface area (Å²) >= 11 is 0. The highest BCUT2D eigenvalue weighted by Gasteiger charge is 2.17. The second kappa shape index (κ2) is 5.38. The maximum absolute atomic E-state index is 13.0. The summed E-state index contributed by atoms with van der Waals surface area (Å²) in [4.78, 5) is 2.55. The second-order valence-corrected chi connectivity index (χ2v) is 9.10. The van der Waals surface area contributed by atoms with E-state index >= 15 is 0 Å². The standard InChI is InChI=1S/C17H21FS/c1-13(2)14-5-9-16(10-6-14)19(3,4)17-11-7-15(18)8-12-17/h5-13H,1-4H3. The van der Waals surface area contributed by atoms with Gasteiger partial charge in [0.05, 0.1) is 0 Å². The van der Waals surface area contributed by atoms with Crippen molar-refractivity contribution in [3.8, 4) is 0 Å². The lowest BCUT2D eigenvalue weighted by Crippen LogP contribution is -1.98. The molecule has 0 unspecified atom stereocenters. The smallest absolute Gasteiger partial charge is 0.123 e. The summed E-state index contributed by atoms with van der Waals surface area (Å²) in [5.74, 6) is 0.382. The fraction of sp³-hybridized carbons (Fsp3) is 0.294. The highest BCUT2D eigenvalue weighted by molar-refractivity contribution is 8.32. The van der Waals surface area contributed by atoms with Crippen LogP contribution in [0, 0.1) is 5.82 Å². The molecule has 0 aromatic heterocycles. The van der Waals surface area contributed by atoms with Crippen LogP contribution in [0.15, 0.2) is 58.3 Å². The van der Waals surface area contributed by atoms with Crippen molar-refractivity contribution in [2.24, 2.45) is 0 Å². The largest absolute Gasteiger partial charge is 0.207 e. The van der Waals surface area contributed by atoms with Crippen molar-refractivity contribution in [3.05, 3.63) is 59.9 Å². The molecule has 0 amide bonds. The summed E-state index contributed by atoms with van der Waals surface area (Å²) < 4.78 is 13.0. The van der Waals surface area contributed by atoms with Crippen LogP contribution in [0.2, 0.25) is 0 Å². The van der Waals surface area contributed by atoms with E-state index in [0.717, 1.165) is 0 Å². The van der Waals surface area contributed by atoms with E-state index in [2.05, 4.69) is 50.6 Å². The fourth-order valence-electron chi connectivity index (χ4n) is 2.10. The molecule has 0 atom stereocenters. The van der Waals surface area contributed by atoms with E-state index in [-0.39, 0.29) is 5.82 Å². The van der Waals surface area contributed by atoms with Gasteiger partial charge < -0.3 is 0 Å². The Morgan fingerprint density at radius 1 is 0.789 bits per heavy atom. The first kappa shape index (κ1) is 14.1. The summed E-state index contributed by atoms with van der Waals surface area (Å²) in [6.07, 6.45) is 4.51. The Morgan fingerprint density at radius 3 is 1.63 bits per heavy atom. The molecule has 0 aliphatic heterocycles. The normalized spacial score (nSPS) is 12.7. The number of hydrogen-bond acceptors (Lipinski definition) is 0. The lowest BCUT2D eigenvalue weighted by atomic mass is 10.0. The van der Waals surface area contributed by atoms with Gasteiger partial charge in [-0.25, -0.2) is 4.39 Å². The molecule has 0 N–H and O–H groups in total. The Kier molecular flexibility index (Phi) is 4.00. The molecule has 0 aliphatic carbocycles. The summed E-state index contributed by atoms with van der Waals surface area (Å²) in [6.45, 7) is 4.40. The Morgan fingerprint density at radius 2 is 1.21 bits per heavy atom. The van der Waals surface area contributed by atoms with Crippen molar-refractivity contribution in [1.29, 1.82) is 0 Å². The summed E-state index contributed by atoms with van der Waals surface area (Å²) in [6, 6.07) is 15.7. The number of hydrogen-bond donors (Lipinski definition) is 0. The van der Waals surface area contributed by atoms with Gasteiger partial charge in [0, 0.05) is 0 Å².